The second kappa shape index (κ2) is 7.56. The van der Waals surface area contributed by atoms with E-state index < -0.39 is 0 Å². The maximum atomic E-state index is 9.52. The summed E-state index contributed by atoms with van der Waals surface area (Å²) in [6.45, 7) is 2.10. The number of nitrogens with zero attached hydrogens (tertiary/aromatic N) is 2. The zero-order chi connectivity index (χ0) is 14.4. The lowest BCUT2D eigenvalue weighted by molar-refractivity contribution is 0.433. The van der Waals surface area contributed by atoms with Crippen molar-refractivity contribution < 1.29 is 0 Å². The number of hydrogen-bond donors (Lipinski definition) is 1. The molecule has 0 aromatic heterocycles. The standard InChI is InChI=1S/C16H23N3S/c1-18-10-9-13-6-3-4-11-19(13)15-7-5-8-16(20-2)14(15)12-17/h5,7-8,13,18H,3-4,6,9-11H2,1-2H3. The van der Waals surface area contributed by atoms with Crippen LogP contribution >= 0.6 is 11.8 Å². The minimum Gasteiger partial charge on any atom is -0.367 e. The smallest absolute Gasteiger partial charge is 0.103 e. The normalized spacial score (nSPS) is 18.9. The Morgan fingerprint density at radius 2 is 2.30 bits per heavy atom. The number of benzene rings is 1. The monoisotopic (exact) mass is 289 g/mol. The third kappa shape index (κ3) is 3.28. The molecule has 1 aromatic rings. The number of nitriles is 1. The lowest BCUT2D eigenvalue weighted by Crippen LogP contribution is -2.41. The first-order chi connectivity index (χ1) is 9.81. The molecule has 4 heteroatoms. The Kier molecular flexibility index (Phi) is 5.75. The molecular formula is C16H23N3S. The summed E-state index contributed by atoms with van der Waals surface area (Å²) in [5, 5.41) is 12.8. The molecule has 108 valence electrons. The van der Waals surface area contributed by atoms with E-state index in [-0.39, 0.29) is 0 Å². The summed E-state index contributed by atoms with van der Waals surface area (Å²) in [5.41, 5.74) is 1.97. The third-order valence-corrected chi connectivity index (χ3v) is 4.78. The van der Waals surface area contributed by atoms with Gasteiger partial charge in [0, 0.05) is 17.5 Å². The maximum absolute atomic E-state index is 9.52. The van der Waals surface area contributed by atoms with Gasteiger partial charge in [0.25, 0.3) is 0 Å². The molecule has 1 aliphatic rings. The highest BCUT2D eigenvalue weighted by Gasteiger charge is 2.24. The van der Waals surface area contributed by atoms with Crippen LogP contribution in [-0.2, 0) is 0 Å². The van der Waals surface area contributed by atoms with Gasteiger partial charge in [0.15, 0.2) is 0 Å². The van der Waals surface area contributed by atoms with Gasteiger partial charge in [-0.1, -0.05) is 6.07 Å². The molecule has 1 atom stereocenters. The quantitative estimate of drug-likeness (QED) is 0.845. The number of hydrogen-bond acceptors (Lipinski definition) is 4. The van der Waals surface area contributed by atoms with Gasteiger partial charge in [-0.05, 0) is 57.7 Å². The summed E-state index contributed by atoms with van der Waals surface area (Å²) in [6.07, 6.45) is 6.94. The van der Waals surface area contributed by atoms with Crippen LogP contribution in [-0.4, -0.2) is 32.4 Å². The topological polar surface area (TPSA) is 39.1 Å². The third-order valence-electron chi connectivity index (χ3n) is 4.00. The molecule has 2 rings (SSSR count). The fourth-order valence-electron chi connectivity index (χ4n) is 2.97. The first-order valence-corrected chi connectivity index (χ1v) is 8.52. The summed E-state index contributed by atoms with van der Waals surface area (Å²) in [7, 11) is 2.00. The predicted octanol–water partition coefficient (Wildman–Crippen LogP) is 3.25. The summed E-state index contributed by atoms with van der Waals surface area (Å²) < 4.78 is 0. The molecule has 0 saturated carbocycles. The van der Waals surface area contributed by atoms with Crippen molar-refractivity contribution in [2.45, 2.75) is 36.6 Å². The molecule has 0 amide bonds. The molecule has 1 aromatic carbocycles. The molecule has 0 radical (unpaired) electrons. The van der Waals surface area contributed by atoms with E-state index in [1.54, 1.807) is 11.8 Å². The summed E-state index contributed by atoms with van der Waals surface area (Å²) >= 11 is 1.66. The Balaban J connectivity index is 2.30. The molecule has 0 aliphatic carbocycles. The van der Waals surface area contributed by atoms with Crippen molar-refractivity contribution in [1.82, 2.24) is 5.32 Å². The van der Waals surface area contributed by atoms with E-state index in [9.17, 15) is 5.26 Å². The average molecular weight is 289 g/mol. The van der Waals surface area contributed by atoms with Gasteiger partial charge in [-0.2, -0.15) is 5.26 Å². The van der Waals surface area contributed by atoms with Crippen LogP contribution in [0.1, 0.15) is 31.2 Å². The van der Waals surface area contributed by atoms with Gasteiger partial charge < -0.3 is 10.2 Å². The van der Waals surface area contributed by atoms with E-state index in [4.69, 9.17) is 0 Å². The van der Waals surface area contributed by atoms with Crippen LogP contribution in [0, 0.1) is 11.3 Å². The first kappa shape index (κ1) is 15.2. The van der Waals surface area contributed by atoms with Crippen molar-refractivity contribution in [3.05, 3.63) is 23.8 Å². The van der Waals surface area contributed by atoms with E-state index in [0.717, 1.165) is 35.7 Å². The van der Waals surface area contributed by atoms with Crippen LogP contribution in [0.4, 0.5) is 5.69 Å². The van der Waals surface area contributed by atoms with Crippen LogP contribution in [0.15, 0.2) is 23.1 Å². The molecule has 1 heterocycles. The first-order valence-electron chi connectivity index (χ1n) is 7.30. The molecule has 20 heavy (non-hydrogen) atoms. The van der Waals surface area contributed by atoms with E-state index >= 15 is 0 Å². The van der Waals surface area contributed by atoms with Crippen LogP contribution in [0.25, 0.3) is 0 Å². The summed E-state index contributed by atoms with van der Waals surface area (Å²) in [6, 6.07) is 9.19. The van der Waals surface area contributed by atoms with Gasteiger partial charge in [-0.15, -0.1) is 11.8 Å². The van der Waals surface area contributed by atoms with Crippen molar-refractivity contribution in [2.24, 2.45) is 0 Å². The van der Waals surface area contributed by atoms with Gasteiger partial charge in [-0.25, -0.2) is 0 Å². The number of piperidine rings is 1. The van der Waals surface area contributed by atoms with E-state index in [1.165, 1.54) is 19.3 Å². The number of thioether (sulfide) groups is 1. The van der Waals surface area contributed by atoms with Crippen LogP contribution in [0.5, 0.6) is 0 Å². The summed E-state index contributed by atoms with van der Waals surface area (Å²) in [4.78, 5) is 3.54. The van der Waals surface area contributed by atoms with E-state index in [0.29, 0.717) is 6.04 Å². The minimum absolute atomic E-state index is 0.556. The highest BCUT2D eigenvalue weighted by Crippen LogP contribution is 2.33. The SMILES string of the molecule is CNCCC1CCCCN1c1cccc(SC)c1C#N. The predicted molar refractivity (Wildman–Crippen MR) is 86.5 cm³/mol. The second-order valence-electron chi connectivity index (χ2n) is 5.20. The maximum Gasteiger partial charge on any atom is 0.103 e. The van der Waals surface area contributed by atoms with Crippen molar-refractivity contribution in [3.8, 4) is 6.07 Å². The molecule has 1 fully saturated rings. The van der Waals surface area contributed by atoms with Crippen molar-refractivity contribution in [1.29, 1.82) is 5.26 Å². The Hall–Kier alpha value is -1.18. The Labute approximate surface area is 126 Å². The van der Waals surface area contributed by atoms with Crippen molar-refractivity contribution >= 4 is 17.4 Å². The molecule has 1 unspecified atom stereocenters. The highest BCUT2D eigenvalue weighted by atomic mass is 32.2. The molecular weight excluding hydrogens is 266 g/mol. The van der Waals surface area contributed by atoms with Gasteiger partial charge >= 0.3 is 0 Å². The van der Waals surface area contributed by atoms with Crippen molar-refractivity contribution in [3.63, 3.8) is 0 Å². The molecule has 3 nitrogen and oxygen atoms in total. The number of anilines is 1. The van der Waals surface area contributed by atoms with Crippen molar-refractivity contribution in [2.75, 3.05) is 31.3 Å². The van der Waals surface area contributed by atoms with Gasteiger partial charge in [0.1, 0.15) is 6.07 Å². The minimum atomic E-state index is 0.556. The van der Waals surface area contributed by atoms with Crippen LogP contribution in [0.2, 0.25) is 0 Å². The Morgan fingerprint density at radius 1 is 1.45 bits per heavy atom. The fourth-order valence-corrected chi connectivity index (χ4v) is 3.54. The summed E-state index contributed by atoms with van der Waals surface area (Å²) in [5.74, 6) is 0. The van der Waals surface area contributed by atoms with Crippen LogP contribution in [0.3, 0.4) is 0 Å². The van der Waals surface area contributed by atoms with E-state index in [1.807, 2.05) is 19.4 Å². The molecule has 0 spiro atoms. The second-order valence-corrected chi connectivity index (χ2v) is 6.05. The lowest BCUT2D eigenvalue weighted by atomic mass is 9.97. The molecule has 1 aliphatic heterocycles. The Morgan fingerprint density at radius 3 is 3.00 bits per heavy atom. The van der Waals surface area contributed by atoms with Crippen LogP contribution < -0.4 is 10.2 Å². The molecule has 1 N–H and O–H groups in total. The van der Waals surface area contributed by atoms with Gasteiger partial charge in [0.2, 0.25) is 0 Å². The number of nitrogens with one attached hydrogen (secondary N) is 1. The Bertz CT molecular complexity index is 481. The molecule has 1 saturated heterocycles. The lowest BCUT2D eigenvalue weighted by Gasteiger charge is -2.38. The number of rotatable bonds is 5. The molecule has 0 bridgehead atoms. The average Bonchev–Trinajstić information content (AvgIpc) is 2.52. The fraction of sp³-hybridized carbons (Fsp3) is 0.562. The van der Waals surface area contributed by atoms with Gasteiger partial charge in [0.05, 0.1) is 11.3 Å². The van der Waals surface area contributed by atoms with E-state index in [2.05, 4.69) is 28.4 Å². The zero-order valence-electron chi connectivity index (χ0n) is 12.4. The van der Waals surface area contributed by atoms with Gasteiger partial charge in [-0.3, -0.25) is 0 Å². The highest BCUT2D eigenvalue weighted by molar-refractivity contribution is 7.98. The zero-order valence-corrected chi connectivity index (χ0v) is 13.2. The largest absolute Gasteiger partial charge is 0.367 e.